The standard InChI is InChI=1S/C12H7Br2F2N3O/c13-9-5-17-12(11(14)18-9)19-10(20)4-6-1-2-7(15)8(16)3-6/h1-3,5H,4H2,(H,17,19,20). The highest BCUT2D eigenvalue weighted by atomic mass is 79.9. The van der Waals surface area contributed by atoms with Crippen LogP contribution in [0.2, 0.25) is 0 Å². The van der Waals surface area contributed by atoms with Crippen LogP contribution in [0.4, 0.5) is 14.6 Å². The molecule has 2 rings (SSSR count). The maximum absolute atomic E-state index is 13.0. The summed E-state index contributed by atoms with van der Waals surface area (Å²) in [6.45, 7) is 0. The summed E-state index contributed by atoms with van der Waals surface area (Å²) in [5.74, 6) is -2.09. The maximum atomic E-state index is 13.0. The van der Waals surface area contributed by atoms with Crippen molar-refractivity contribution in [1.29, 1.82) is 0 Å². The summed E-state index contributed by atoms with van der Waals surface area (Å²) in [5.41, 5.74) is 0.364. The third-order valence-electron chi connectivity index (χ3n) is 2.31. The van der Waals surface area contributed by atoms with E-state index < -0.39 is 17.5 Å². The lowest BCUT2D eigenvalue weighted by atomic mass is 10.1. The number of benzene rings is 1. The first kappa shape index (κ1) is 15.0. The molecule has 0 radical (unpaired) electrons. The van der Waals surface area contributed by atoms with Crippen molar-refractivity contribution >= 4 is 43.6 Å². The van der Waals surface area contributed by atoms with Crippen molar-refractivity contribution < 1.29 is 13.6 Å². The number of carbonyl (C=O) groups excluding carboxylic acids is 1. The lowest BCUT2D eigenvalue weighted by Gasteiger charge is -2.06. The highest BCUT2D eigenvalue weighted by Crippen LogP contribution is 2.19. The van der Waals surface area contributed by atoms with Crippen molar-refractivity contribution in [2.24, 2.45) is 0 Å². The second-order valence-corrected chi connectivity index (χ2v) is 5.37. The number of carbonyl (C=O) groups is 1. The van der Waals surface area contributed by atoms with Gasteiger partial charge in [0.25, 0.3) is 0 Å². The number of anilines is 1. The molecule has 0 bridgehead atoms. The van der Waals surface area contributed by atoms with Gasteiger partial charge < -0.3 is 5.32 Å². The van der Waals surface area contributed by atoms with Crippen molar-refractivity contribution in [1.82, 2.24) is 9.97 Å². The first-order valence-corrected chi connectivity index (χ1v) is 6.96. The van der Waals surface area contributed by atoms with E-state index >= 15 is 0 Å². The third-order valence-corrected chi connectivity index (χ3v) is 3.24. The molecule has 4 nitrogen and oxygen atoms in total. The summed E-state index contributed by atoms with van der Waals surface area (Å²) >= 11 is 6.29. The number of amides is 1. The van der Waals surface area contributed by atoms with Crippen LogP contribution in [0.1, 0.15) is 5.56 Å². The van der Waals surface area contributed by atoms with Gasteiger partial charge in [-0.1, -0.05) is 6.07 Å². The zero-order chi connectivity index (χ0) is 14.7. The number of hydrogen-bond acceptors (Lipinski definition) is 3. The molecule has 20 heavy (non-hydrogen) atoms. The van der Waals surface area contributed by atoms with E-state index in [4.69, 9.17) is 0 Å². The zero-order valence-corrected chi connectivity index (χ0v) is 13.0. The van der Waals surface area contributed by atoms with Crippen LogP contribution in [0.25, 0.3) is 0 Å². The molecule has 0 aliphatic rings. The van der Waals surface area contributed by atoms with Gasteiger partial charge in [0.2, 0.25) is 5.91 Å². The van der Waals surface area contributed by atoms with E-state index in [2.05, 4.69) is 47.1 Å². The van der Waals surface area contributed by atoms with Gasteiger partial charge in [-0.3, -0.25) is 4.79 Å². The molecule has 0 saturated heterocycles. The molecule has 0 aliphatic carbocycles. The van der Waals surface area contributed by atoms with Gasteiger partial charge in [0.05, 0.1) is 12.6 Å². The van der Waals surface area contributed by atoms with E-state index in [1.165, 1.54) is 12.3 Å². The number of nitrogens with one attached hydrogen (secondary N) is 1. The minimum Gasteiger partial charge on any atom is -0.308 e. The van der Waals surface area contributed by atoms with E-state index in [9.17, 15) is 13.6 Å². The van der Waals surface area contributed by atoms with Gasteiger partial charge in [0.1, 0.15) is 9.21 Å². The number of hydrogen-bond donors (Lipinski definition) is 1. The average Bonchev–Trinajstić information content (AvgIpc) is 2.37. The lowest BCUT2D eigenvalue weighted by molar-refractivity contribution is -0.115. The molecule has 8 heteroatoms. The van der Waals surface area contributed by atoms with Crippen LogP contribution in [-0.2, 0) is 11.2 Å². The van der Waals surface area contributed by atoms with Gasteiger partial charge >= 0.3 is 0 Å². The Hall–Kier alpha value is -1.41. The number of rotatable bonds is 3. The zero-order valence-electron chi connectivity index (χ0n) is 9.83. The molecule has 0 unspecified atom stereocenters. The van der Waals surface area contributed by atoms with Gasteiger partial charge in [-0.15, -0.1) is 0 Å². The predicted octanol–water partition coefficient (Wildman–Crippen LogP) is 3.46. The molecule has 1 N–H and O–H groups in total. The van der Waals surface area contributed by atoms with Crippen LogP contribution in [0, 0.1) is 11.6 Å². The minimum atomic E-state index is -0.986. The van der Waals surface area contributed by atoms with Gasteiger partial charge in [0, 0.05) is 0 Å². The first-order chi connectivity index (χ1) is 9.45. The fourth-order valence-electron chi connectivity index (χ4n) is 1.44. The van der Waals surface area contributed by atoms with Crippen LogP contribution in [0.5, 0.6) is 0 Å². The molecule has 1 amide bonds. The van der Waals surface area contributed by atoms with Crippen molar-refractivity contribution in [3.63, 3.8) is 0 Å². The Bertz CT molecular complexity index is 667. The Morgan fingerprint density at radius 2 is 2.00 bits per heavy atom. The Morgan fingerprint density at radius 3 is 2.65 bits per heavy atom. The SMILES string of the molecule is O=C(Cc1ccc(F)c(F)c1)Nc1ncc(Br)nc1Br. The van der Waals surface area contributed by atoms with E-state index in [0.29, 0.717) is 14.8 Å². The molecule has 0 fully saturated rings. The molecule has 104 valence electrons. The van der Waals surface area contributed by atoms with Crippen LogP contribution < -0.4 is 5.32 Å². The fourth-order valence-corrected chi connectivity index (χ4v) is 2.35. The summed E-state index contributed by atoms with van der Waals surface area (Å²) in [4.78, 5) is 19.8. The second-order valence-electron chi connectivity index (χ2n) is 3.81. The van der Waals surface area contributed by atoms with Crippen molar-refractivity contribution in [2.45, 2.75) is 6.42 Å². The second kappa shape index (κ2) is 6.36. The summed E-state index contributed by atoms with van der Waals surface area (Å²) in [6, 6.07) is 3.31. The molecule has 1 aromatic carbocycles. The Balaban J connectivity index is 2.07. The number of halogens is 4. The molecule has 0 spiro atoms. The molecule has 0 saturated carbocycles. The molecule has 1 aromatic heterocycles. The summed E-state index contributed by atoms with van der Waals surface area (Å²) in [6.07, 6.45) is 1.33. The maximum Gasteiger partial charge on any atom is 0.230 e. The van der Waals surface area contributed by atoms with E-state index in [0.717, 1.165) is 12.1 Å². The van der Waals surface area contributed by atoms with Crippen molar-refractivity contribution in [2.75, 3.05) is 5.32 Å². The van der Waals surface area contributed by atoms with Crippen LogP contribution in [0.15, 0.2) is 33.6 Å². The molecule has 0 aliphatic heterocycles. The molecule has 2 aromatic rings. The number of nitrogens with zero attached hydrogens (tertiary/aromatic N) is 2. The minimum absolute atomic E-state index is 0.0958. The van der Waals surface area contributed by atoms with Gasteiger partial charge in [-0.2, -0.15) is 0 Å². The molecular weight excluding hydrogens is 400 g/mol. The predicted molar refractivity (Wildman–Crippen MR) is 76.1 cm³/mol. The van der Waals surface area contributed by atoms with Gasteiger partial charge in [-0.05, 0) is 49.6 Å². The van der Waals surface area contributed by atoms with Gasteiger partial charge in [-0.25, -0.2) is 18.7 Å². The van der Waals surface area contributed by atoms with E-state index in [1.54, 1.807) is 0 Å². The Morgan fingerprint density at radius 1 is 1.25 bits per heavy atom. The Kier molecular flexibility index (Phi) is 4.77. The summed E-state index contributed by atoms with van der Waals surface area (Å²) < 4.78 is 26.7. The largest absolute Gasteiger partial charge is 0.308 e. The topological polar surface area (TPSA) is 54.9 Å². The molecular formula is C12H7Br2F2N3O. The quantitative estimate of drug-likeness (QED) is 0.849. The van der Waals surface area contributed by atoms with E-state index in [1.807, 2.05) is 0 Å². The fraction of sp³-hybridized carbons (Fsp3) is 0.0833. The highest BCUT2D eigenvalue weighted by Gasteiger charge is 2.11. The lowest BCUT2D eigenvalue weighted by Crippen LogP contribution is -2.16. The van der Waals surface area contributed by atoms with Crippen LogP contribution >= 0.6 is 31.9 Å². The summed E-state index contributed by atoms with van der Waals surface area (Å²) in [5, 5.41) is 2.52. The first-order valence-electron chi connectivity index (χ1n) is 5.37. The van der Waals surface area contributed by atoms with Gasteiger partial charge in [0.15, 0.2) is 17.5 Å². The summed E-state index contributed by atoms with van der Waals surface area (Å²) in [7, 11) is 0. The monoisotopic (exact) mass is 405 g/mol. The highest BCUT2D eigenvalue weighted by molar-refractivity contribution is 9.11. The smallest absolute Gasteiger partial charge is 0.230 e. The Labute approximate surface area is 129 Å². The van der Waals surface area contributed by atoms with Crippen LogP contribution in [0.3, 0.4) is 0 Å². The van der Waals surface area contributed by atoms with Crippen molar-refractivity contribution in [3.8, 4) is 0 Å². The number of aromatic nitrogens is 2. The molecule has 0 atom stereocenters. The van der Waals surface area contributed by atoms with Crippen LogP contribution in [-0.4, -0.2) is 15.9 Å². The third kappa shape index (κ3) is 3.80. The van der Waals surface area contributed by atoms with E-state index in [-0.39, 0.29) is 12.2 Å². The average molecular weight is 407 g/mol. The molecule has 1 heterocycles. The van der Waals surface area contributed by atoms with Crippen molar-refractivity contribution in [3.05, 3.63) is 50.8 Å². The normalized spacial score (nSPS) is 10.4.